The number of methoxy groups -OCH3 is 1. The van der Waals surface area contributed by atoms with E-state index < -0.39 is 5.92 Å². The van der Waals surface area contributed by atoms with E-state index in [2.05, 4.69) is 11.4 Å². The Morgan fingerprint density at radius 3 is 2.23 bits per heavy atom. The smallest absolute Gasteiger partial charge is 0.239 e. The molecule has 0 spiro atoms. The van der Waals surface area contributed by atoms with Crippen LogP contribution in [0.25, 0.3) is 5.57 Å². The van der Waals surface area contributed by atoms with E-state index in [1.807, 2.05) is 80.6 Å². The second kappa shape index (κ2) is 11.9. The lowest BCUT2D eigenvalue weighted by molar-refractivity contribution is -0.140. The van der Waals surface area contributed by atoms with Crippen molar-refractivity contribution >= 4 is 40.6 Å². The third-order valence-electron chi connectivity index (χ3n) is 7.43. The first-order valence-electron chi connectivity index (χ1n) is 13.4. The van der Waals surface area contributed by atoms with Gasteiger partial charge in [-0.25, -0.2) is 0 Å². The molecule has 1 fully saturated rings. The molecule has 1 heterocycles. The minimum absolute atomic E-state index is 0.0273. The molecule has 2 amide bonds. The Balaban J connectivity index is 1.71. The summed E-state index contributed by atoms with van der Waals surface area (Å²) in [6.07, 6.45) is 2.08. The molecule has 40 heavy (non-hydrogen) atoms. The van der Waals surface area contributed by atoms with Gasteiger partial charge in [-0.15, -0.1) is 0 Å². The molecule has 1 aliphatic carbocycles. The number of hydrogen-bond acceptors (Lipinski definition) is 4. The van der Waals surface area contributed by atoms with Crippen molar-refractivity contribution in [2.75, 3.05) is 26.7 Å². The minimum atomic E-state index is -0.573. The van der Waals surface area contributed by atoms with Crippen LogP contribution in [0.3, 0.4) is 0 Å². The van der Waals surface area contributed by atoms with Crippen LogP contribution in [0.1, 0.15) is 42.4 Å². The lowest BCUT2D eigenvalue weighted by atomic mass is 9.76. The Morgan fingerprint density at radius 1 is 0.975 bits per heavy atom. The highest BCUT2D eigenvalue weighted by molar-refractivity contribution is 6.30. The number of rotatable bonds is 7. The number of hydrogen-bond donors (Lipinski definition) is 1. The Hall–Kier alpha value is -3.48. The summed E-state index contributed by atoms with van der Waals surface area (Å²) in [6, 6.07) is 21.1. The molecule has 6 nitrogen and oxygen atoms in total. The highest BCUT2D eigenvalue weighted by Gasteiger charge is 2.46. The van der Waals surface area contributed by atoms with Crippen molar-refractivity contribution in [1.29, 1.82) is 0 Å². The van der Waals surface area contributed by atoms with Crippen molar-refractivity contribution in [1.82, 2.24) is 10.2 Å². The predicted octanol–water partition coefficient (Wildman–Crippen LogP) is 6.33. The van der Waals surface area contributed by atoms with Crippen LogP contribution in [0.5, 0.6) is 11.5 Å². The van der Waals surface area contributed by atoms with Crippen molar-refractivity contribution in [3.63, 3.8) is 0 Å². The van der Waals surface area contributed by atoms with Gasteiger partial charge in [0.15, 0.2) is 0 Å². The summed E-state index contributed by atoms with van der Waals surface area (Å²) in [5, 5.41) is 4.09. The van der Waals surface area contributed by atoms with E-state index in [-0.39, 0.29) is 36.3 Å². The molecular weight excluding hydrogens is 547 g/mol. The van der Waals surface area contributed by atoms with Gasteiger partial charge in [-0.2, -0.15) is 0 Å². The lowest BCUT2D eigenvalue weighted by Gasteiger charge is -2.34. The summed E-state index contributed by atoms with van der Waals surface area (Å²) in [7, 11) is 1.61. The molecule has 1 unspecified atom stereocenters. The zero-order valence-electron chi connectivity index (χ0n) is 22.7. The molecule has 0 saturated carbocycles. The van der Waals surface area contributed by atoms with Crippen LogP contribution in [0.15, 0.2) is 72.8 Å². The molecule has 1 aliphatic heterocycles. The third kappa shape index (κ3) is 5.84. The van der Waals surface area contributed by atoms with E-state index >= 15 is 0 Å². The van der Waals surface area contributed by atoms with Gasteiger partial charge in [0.2, 0.25) is 11.8 Å². The highest BCUT2D eigenvalue weighted by Crippen LogP contribution is 2.54. The number of ether oxygens (including phenoxy) is 2. The first-order valence-corrected chi connectivity index (χ1v) is 14.1. The number of amides is 2. The van der Waals surface area contributed by atoms with E-state index in [1.165, 1.54) is 0 Å². The molecule has 1 N–H and O–H groups in total. The summed E-state index contributed by atoms with van der Waals surface area (Å²) in [5.41, 5.74) is 3.70. The monoisotopic (exact) mass is 578 g/mol. The number of nitrogens with one attached hydrogen (secondary N) is 1. The zero-order valence-corrected chi connectivity index (χ0v) is 24.2. The van der Waals surface area contributed by atoms with E-state index in [0.717, 1.165) is 22.3 Å². The van der Waals surface area contributed by atoms with E-state index in [1.54, 1.807) is 12.0 Å². The molecule has 1 saturated heterocycles. The molecule has 5 rings (SSSR count). The third-order valence-corrected chi connectivity index (χ3v) is 7.93. The largest absolute Gasteiger partial charge is 0.497 e. The van der Waals surface area contributed by atoms with Crippen molar-refractivity contribution in [3.8, 4) is 11.5 Å². The SMILES string of the molecule is COc1ccc(C2=C[C@@H](c3ccc(Cl)cc3)[C@@H](c3ccc(Cl)cc3)C2C(=O)N2CCNC(=O)C2)c(OC(C)C)c1. The fourth-order valence-corrected chi connectivity index (χ4v) is 5.91. The summed E-state index contributed by atoms with van der Waals surface area (Å²) in [4.78, 5) is 28.4. The van der Waals surface area contributed by atoms with Gasteiger partial charge < -0.3 is 19.7 Å². The Bertz CT molecular complexity index is 1420. The highest BCUT2D eigenvalue weighted by atomic mass is 35.5. The molecule has 0 aromatic heterocycles. The Labute approximate surface area is 244 Å². The van der Waals surface area contributed by atoms with Crippen molar-refractivity contribution in [3.05, 3.63) is 99.5 Å². The van der Waals surface area contributed by atoms with Gasteiger partial charge in [0, 0.05) is 46.6 Å². The normalized spacial score (nSPS) is 20.8. The number of piperazine rings is 1. The average molecular weight is 580 g/mol. The van der Waals surface area contributed by atoms with E-state index in [9.17, 15) is 9.59 Å². The molecule has 2 aliphatic rings. The van der Waals surface area contributed by atoms with Crippen LogP contribution in [0.2, 0.25) is 10.0 Å². The van der Waals surface area contributed by atoms with Crippen molar-refractivity contribution in [2.24, 2.45) is 5.92 Å². The molecule has 3 aromatic carbocycles. The first-order chi connectivity index (χ1) is 19.2. The summed E-state index contributed by atoms with van der Waals surface area (Å²) in [5.74, 6) is 0.0848. The molecule has 0 radical (unpaired) electrons. The van der Waals surface area contributed by atoms with Crippen LogP contribution in [0, 0.1) is 5.92 Å². The van der Waals surface area contributed by atoms with Gasteiger partial charge in [0.05, 0.1) is 25.7 Å². The quantitative estimate of drug-likeness (QED) is 0.356. The fourth-order valence-electron chi connectivity index (χ4n) is 5.66. The second-order valence-electron chi connectivity index (χ2n) is 10.4. The minimum Gasteiger partial charge on any atom is -0.497 e. The van der Waals surface area contributed by atoms with E-state index in [4.69, 9.17) is 32.7 Å². The van der Waals surface area contributed by atoms with Gasteiger partial charge in [-0.1, -0.05) is 53.5 Å². The molecular formula is C32H32Cl2N2O4. The zero-order chi connectivity index (χ0) is 28.4. The number of benzene rings is 3. The second-order valence-corrected chi connectivity index (χ2v) is 11.3. The van der Waals surface area contributed by atoms with Crippen LogP contribution in [0.4, 0.5) is 0 Å². The van der Waals surface area contributed by atoms with Crippen LogP contribution in [-0.2, 0) is 9.59 Å². The van der Waals surface area contributed by atoms with Crippen LogP contribution < -0.4 is 14.8 Å². The number of nitrogens with zero attached hydrogens (tertiary/aromatic N) is 1. The number of carbonyl (C=O) groups excluding carboxylic acids is 2. The molecule has 3 aromatic rings. The van der Waals surface area contributed by atoms with Gasteiger partial charge in [-0.3, -0.25) is 9.59 Å². The Kier molecular flexibility index (Phi) is 8.38. The maximum Gasteiger partial charge on any atom is 0.239 e. The van der Waals surface area contributed by atoms with Gasteiger partial charge in [0.25, 0.3) is 0 Å². The Morgan fingerprint density at radius 2 is 1.62 bits per heavy atom. The topological polar surface area (TPSA) is 67.9 Å². The fraction of sp³-hybridized carbons (Fsp3) is 0.312. The van der Waals surface area contributed by atoms with Gasteiger partial charge in [-0.05, 0) is 66.9 Å². The number of halogens is 2. The summed E-state index contributed by atoms with van der Waals surface area (Å²) in [6.45, 7) is 4.83. The van der Waals surface area contributed by atoms with E-state index in [0.29, 0.717) is 34.6 Å². The lowest BCUT2D eigenvalue weighted by Crippen LogP contribution is -2.52. The summed E-state index contributed by atoms with van der Waals surface area (Å²) < 4.78 is 11.8. The standard InChI is InChI=1S/C32H32Cl2N2O4/c1-19(2)40-28-16-24(39-3)12-13-25(28)27-17-26(20-4-8-22(33)9-5-20)30(21-6-10-23(34)11-7-21)31(27)32(38)36-15-14-35-29(37)18-36/h4-13,16-17,19,26,30-31H,14-15,18H2,1-3H3,(H,35,37)/t26-,30+,31?/m0/s1. The molecule has 208 valence electrons. The number of carbonyl (C=O) groups is 2. The average Bonchev–Trinajstić information content (AvgIpc) is 3.33. The summed E-state index contributed by atoms with van der Waals surface area (Å²) >= 11 is 12.5. The molecule has 0 bridgehead atoms. The maximum atomic E-state index is 14.5. The molecule has 3 atom stereocenters. The number of allylic oxidation sites excluding steroid dienone is 1. The van der Waals surface area contributed by atoms with Crippen LogP contribution in [-0.4, -0.2) is 49.6 Å². The maximum absolute atomic E-state index is 14.5. The first kappa shape index (κ1) is 28.1. The van der Waals surface area contributed by atoms with Crippen LogP contribution >= 0.6 is 23.2 Å². The predicted molar refractivity (Wildman–Crippen MR) is 158 cm³/mol. The van der Waals surface area contributed by atoms with Gasteiger partial charge in [0.1, 0.15) is 11.5 Å². The van der Waals surface area contributed by atoms with Gasteiger partial charge >= 0.3 is 0 Å². The van der Waals surface area contributed by atoms with Crippen molar-refractivity contribution < 1.29 is 19.1 Å². The molecule has 8 heteroatoms. The van der Waals surface area contributed by atoms with Crippen molar-refractivity contribution in [2.45, 2.75) is 31.8 Å².